The first-order valence-electron chi connectivity index (χ1n) is 11.5. The lowest BCUT2D eigenvalue weighted by Gasteiger charge is -2.68. The maximum absolute atomic E-state index is 12.9. The number of nitrogens with one attached hydrogen (secondary N) is 1. The molecule has 9 nitrogen and oxygen atoms in total. The van der Waals surface area contributed by atoms with Gasteiger partial charge in [-0.3, -0.25) is 19.0 Å². The molecular formula is C21H21F6N5O4. The van der Waals surface area contributed by atoms with Crippen molar-refractivity contribution in [2.45, 2.75) is 92.8 Å². The van der Waals surface area contributed by atoms with Crippen molar-refractivity contribution in [1.29, 1.82) is 0 Å². The van der Waals surface area contributed by atoms with Crippen molar-refractivity contribution < 1.29 is 45.0 Å². The van der Waals surface area contributed by atoms with Crippen LogP contribution in [0.2, 0.25) is 0 Å². The molecule has 5 aliphatic rings. The summed E-state index contributed by atoms with van der Waals surface area (Å²) in [7, 11) is 0. The Kier molecular flexibility index (Phi) is 4.89. The Balaban J connectivity index is 1.06. The van der Waals surface area contributed by atoms with Crippen LogP contribution in [0.5, 0.6) is 0 Å². The number of nitrogens with zero attached hydrogens (tertiary/aromatic N) is 4. The number of hydrogen-bond donors (Lipinski definition) is 1. The van der Waals surface area contributed by atoms with Crippen molar-refractivity contribution in [3.8, 4) is 0 Å². The van der Waals surface area contributed by atoms with Crippen LogP contribution in [-0.2, 0) is 20.5 Å². The quantitative estimate of drug-likeness (QED) is 0.549. The third-order valence-electron chi connectivity index (χ3n) is 7.77. The highest BCUT2D eigenvalue weighted by atomic mass is 19.4. The highest BCUT2D eigenvalue weighted by molar-refractivity contribution is 5.93. The Morgan fingerprint density at radius 1 is 1.06 bits per heavy atom. The first kappa shape index (κ1) is 23.7. The molecule has 5 aliphatic carbocycles. The van der Waals surface area contributed by atoms with Gasteiger partial charge in [0, 0.05) is 11.7 Å². The zero-order valence-corrected chi connectivity index (χ0v) is 18.7. The first-order valence-corrected chi connectivity index (χ1v) is 11.5. The number of alkyl halides is 6. The van der Waals surface area contributed by atoms with Crippen LogP contribution in [0.3, 0.4) is 0 Å². The summed E-state index contributed by atoms with van der Waals surface area (Å²) in [5.74, 6) is -0.346. The minimum Gasteiger partial charge on any atom is -0.421 e. The van der Waals surface area contributed by atoms with Gasteiger partial charge >= 0.3 is 12.7 Å². The van der Waals surface area contributed by atoms with Crippen LogP contribution in [0.4, 0.5) is 26.3 Å². The predicted molar refractivity (Wildman–Crippen MR) is 104 cm³/mol. The van der Waals surface area contributed by atoms with Crippen LogP contribution < -0.4 is 5.32 Å². The molecule has 0 unspecified atom stereocenters. The van der Waals surface area contributed by atoms with Crippen LogP contribution in [0.1, 0.15) is 79.7 Å². The lowest BCUT2D eigenvalue weighted by molar-refractivity contribution is -0.387. The number of halogens is 6. The van der Waals surface area contributed by atoms with Gasteiger partial charge in [0.2, 0.25) is 11.8 Å². The third kappa shape index (κ3) is 3.86. The summed E-state index contributed by atoms with van der Waals surface area (Å²) in [6.45, 7) is 0. The van der Waals surface area contributed by atoms with Crippen LogP contribution in [-0.4, -0.2) is 50.3 Å². The smallest absolute Gasteiger partial charge is 0.421 e. The number of carbonyl (C=O) groups excluding carboxylic acids is 1. The molecule has 2 aromatic rings. The fraction of sp³-hybridized carbons (Fsp3) is 0.714. The van der Waals surface area contributed by atoms with Gasteiger partial charge in [-0.05, 0) is 57.4 Å². The molecule has 0 radical (unpaired) electrons. The summed E-state index contributed by atoms with van der Waals surface area (Å²) in [6, 6.07) is 1.12. The van der Waals surface area contributed by atoms with E-state index in [2.05, 4.69) is 30.1 Å². The van der Waals surface area contributed by atoms with Crippen molar-refractivity contribution in [2.24, 2.45) is 0 Å². The number of aromatic nitrogens is 4. The third-order valence-corrected chi connectivity index (χ3v) is 7.77. The SMILES string of the molecule is O=C(NC12CC(c3nnc(C4(OC(F)(F)F)CCC4)o3)(C1)C2)c1ccnn1C1CC(OC(F)(F)F)C1. The number of rotatable bonds is 7. The number of amides is 1. The molecule has 0 spiro atoms. The Morgan fingerprint density at radius 3 is 2.31 bits per heavy atom. The maximum atomic E-state index is 12.9. The summed E-state index contributed by atoms with van der Waals surface area (Å²) < 4.78 is 91.0. The fourth-order valence-corrected chi connectivity index (χ4v) is 5.96. The van der Waals surface area contributed by atoms with Gasteiger partial charge in [0.25, 0.3) is 5.91 Å². The molecule has 0 aromatic carbocycles. The van der Waals surface area contributed by atoms with Crippen molar-refractivity contribution >= 4 is 5.91 Å². The molecule has 5 saturated carbocycles. The van der Waals surface area contributed by atoms with E-state index in [1.54, 1.807) is 0 Å². The molecule has 15 heteroatoms. The van der Waals surface area contributed by atoms with Crippen molar-refractivity contribution in [1.82, 2.24) is 25.3 Å². The number of carbonyl (C=O) groups is 1. The van der Waals surface area contributed by atoms with Gasteiger partial charge in [0.05, 0.1) is 17.6 Å². The first-order chi connectivity index (χ1) is 16.8. The molecule has 0 atom stereocenters. The number of ether oxygens (including phenoxy) is 2. The van der Waals surface area contributed by atoms with E-state index in [9.17, 15) is 31.1 Å². The van der Waals surface area contributed by atoms with E-state index < -0.39 is 41.3 Å². The molecule has 0 aliphatic heterocycles. The molecule has 2 aromatic heterocycles. The van der Waals surface area contributed by atoms with Crippen LogP contribution in [0, 0.1) is 0 Å². The lowest BCUT2D eigenvalue weighted by Crippen LogP contribution is -2.76. The summed E-state index contributed by atoms with van der Waals surface area (Å²) in [5.41, 5.74) is -2.42. The minimum atomic E-state index is -4.82. The molecule has 2 heterocycles. The highest BCUT2D eigenvalue weighted by Gasteiger charge is 2.72. The second-order valence-electron chi connectivity index (χ2n) is 10.3. The van der Waals surface area contributed by atoms with Crippen LogP contribution in [0.25, 0.3) is 0 Å². The lowest BCUT2D eigenvalue weighted by atomic mass is 9.39. The molecule has 1 N–H and O–H groups in total. The monoisotopic (exact) mass is 521 g/mol. The molecule has 0 saturated heterocycles. The van der Waals surface area contributed by atoms with E-state index in [0.29, 0.717) is 25.7 Å². The van der Waals surface area contributed by atoms with E-state index in [4.69, 9.17) is 4.42 Å². The molecule has 2 bridgehead atoms. The molecule has 5 fully saturated rings. The second-order valence-corrected chi connectivity index (χ2v) is 10.3. The van der Waals surface area contributed by atoms with E-state index >= 15 is 0 Å². The van der Waals surface area contributed by atoms with Crippen molar-refractivity contribution in [3.63, 3.8) is 0 Å². The van der Waals surface area contributed by atoms with Crippen LogP contribution in [0.15, 0.2) is 16.7 Å². The average Bonchev–Trinajstić information content (AvgIpc) is 3.31. The summed E-state index contributed by atoms with van der Waals surface area (Å²) in [5, 5.41) is 14.9. The van der Waals surface area contributed by atoms with Crippen molar-refractivity contribution in [2.75, 3.05) is 0 Å². The minimum absolute atomic E-state index is 0.0920. The standard InChI is InChI=1S/C21H21F6N5O4/c22-20(23,24)35-12-6-11(7-12)32-13(2-5-28-32)14(33)29-18-8-17(9-18,10-18)15-30-31-16(34-15)19(3-1-4-19)36-21(25,26)27/h2,5,11-12H,1,3-4,6-10H2,(H,29,33). The number of hydrogen-bond acceptors (Lipinski definition) is 7. The normalized spacial score (nSPS) is 32.6. The molecule has 36 heavy (non-hydrogen) atoms. The zero-order chi connectivity index (χ0) is 25.6. The molecule has 1 amide bonds. The van der Waals surface area contributed by atoms with Gasteiger partial charge in [-0.2, -0.15) is 5.10 Å². The van der Waals surface area contributed by atoms with E-state index in [-0.39, 0.29) is 49.2 Å². The van der Waals surface area contributed by atoms with Gasteiger partial charge < -0.3 is 9.73 Å². The Hall–Kier alpha value is -2.68. The average molecular weight is 521 g/mol. The summed E-state index contributed by atoms with van der Waals surface area (Å²) in [6.07, 6.45) is -6.61. The Bertz CT molecular complexity index is 1160. The van der Waals surface area contributed by atoms with E-state index in [1.165, 1.54) is 16.9 Å². The van der Waals surface area contributed by atoms with Gasteiger partial charge in [0.15, 0.2) is 5.60 Å². The topological polar surface area (TPSA) is 104 Å². The van der Waals surface area contributed by atoms with Gasteiger partial charge in [-0.1, -0.05) is 0 Å². The fourth-order valence-electron chi connectivity index (χ4n) is 5.96. The van der Waals surface area contributed by atoms with E-state index in [0.717, 1.165) is 0 Å². The summed E-state index contributed by atoms with van der Waals surface area (Å²) in [4.78, 5) is 12.9. The molecular weight excluding hydrogens is 500 g/mol. The van der Waals surface area contributed by atoms with Crippen LogP contribution >= 0.6 is 0 Å². The van der Waals surface area contributed by atoms with Crippen molar-refractivity contribution in [3.05, 3.63) is 29.7 Å². The molecule has 196 valence electrons. The largest absolute Gasteiger partial charge is 0.523 e. The van der Waals surface area contributed by atoms with E-state index in [1.807, 2.05) is 0 Å². The maximum Gasteiger partial charge on any atom is 0.523 e. The Labute approximate surface area is 199 Å². The van der Waals surface area contributed by atoms with Gasteiger partial charge in [0.1, 0.15) is 5.69 Å². The second kappa shape index (κ2) is 7.43. The zero-order valence-electron chi connectivity index (χ0n) is 18.7. The summed E-state index contributed by atoms with van der Waals surface area (Å²) >= 11 is 0. The Morgan fingerprint density at radius 2 is 1.72 bits per heavy atom. The van der Waals surface area contributed by atoms with Gasteiger partial charge in [-0.15, -0.1) is 36.5 Å². The highest BCUT2D eigenvalue weighted by Crippen LogP contribution is 2.67. The molecule has 7 rings (SSSR count). The van der Waals surface area contributed by atoms with Gasteiger partial charge in [-0.25, -0.2) is 0 Å². The predicted octanol–water partition coefficient (Wildman–Crippen LogP) is 4.03.